The predicted octanol–water partition coefficient (Wildman–Crippen LogP) is 3.09. The quantitative estimate of drug-likeness (QED) is 0.751. The molecule has 2 rings (SSSR count). The predicted molar refractivity (Wildman–Crippen MR) is 82.1 cm³/mol. The van der Waals surface area contributed by atoms with Crippen molar-refractivity contribution < 1.29 is 9.47 Å². The molecule has 1 heterocycles. The Hall–Kier alpha value is -1.65. The van der Waals surface area contributed by atoms with Gasteiger partial charge in [-0.05, 0) is 30.7 Å². The van der Waals surface area contributed by atoms with E-state index in [1.807, 2.05) is 24.4 Å². The molecule has 1 N–H and O–H groups in total. The van der Waals surface area contributed by atoms with Crippen LogP contribution in [0, 0.1) is 0 Å². The number of anilines is 1. The highest BCUT2D eigenvalue weighted by molar-refractivity contribution is 5.82. The van der Waals surface area contributed by atoms with Crippen molar-refractivity contribution in [2.45, 2.75) is 19.4 Å². The molecule has 1 atom stereocenters. The fourth-order valence-corrected chi connectivity index (χ4v) is 1.99. The van der Waals surface area contributed by atoms with Gasteiger partial charge in [-0.3, -0.25) is 4.98 Å². The summed E-state index contributed by atoms with van der Waals surface area (Å²) in [6.45, 7) is 4.23. The molecule has 1 aromatic carbocycles. The number of fused-ring (bicyclic) bond motifs is 1. The highest BCUT2D eigenvalue weighted by Gasteiger charge is 2.07. The van der Waals surface area contributed by atoms with E-state index in [4.69, 9.17) is 9.47 Å². The van der Waals surface area contributed by atoms with Crippen LogP contribution in [0.1, 0.15) is 13.3 Å². The van der Waals surface area contributed by atoms with Crippen LogP contribution in [0.15, 0.2) is 36.5 Å². The van der Waals surface area contributed by atoms with Gasteiger partial charge in [-0.15, -0.1) is 0 Å². The fraction of sp³-hybridized carbons (Fsp3) is 0.438. The zero-order chi connectivity index (χ0) is 14.2. The minimum atomic E-state index is 0.0612. The fourth-order valence-electron chi connectivity index (χ4n) is 1.99. The Morgan fingerprint density at radius 3 is 3.00 bits per heavy atom. The normalized spacial score (nSPS) is 12.5. The molecule has 2 aromatic rings. The Kier molecular flexibility index (Phi) is 5.77. The lowest BCUT2D eigenvalue weighted by Gasteiger charge is -2.17. The molecular weight excluding hydrogens is 252 g/mol. The van der Waals surface area contributed by atoms with E-state index in [-0.39, 0.29) is 6.10 Å². The lowest BCUT2D eigenvalue weighted by Crippen LogP contribution is -2.27. The molecule has 0 aliphatic rings. The highest BCUT2D eigenvalue weighted by Crippen LogP contribution is 2.17. The number of rotatable bonds is 8. The maximum Gasteiger partial charge on any atom is 0.0976 e. The van der Waals surface area contributed by atoms with E-state index in [9.17, 15) is 0 Å². The average molecular weight is 274 g/mol. The SMILES string of the molecule is CCCOCC(CNc1ccc2ncccc2c1)OC. The van der Waals surface area contributed by atoms with Gasteiger partial charge in [0.15, 0.2) is 0 Å². The lowest BCUT2D eigenvalue weighted by molar-refractivity contribution is 0.0158. The zero-order valence-corrected chi connectivity index (χ0v) is 12.1. The van der Waals surface area contributed by atoms with Crippen LogP contribution in [0.4, 0.5) is 5.69 Å². The van der Waals surface area contributed by atoms with Crippen molar-refractivity contribution in [1.29, 1.82) is 0 Å². The lowest BCUT2D eigenvalue weighted by atomic mass is 10.2. The molecular formula is C16H22N2O2. The number of benzene rings is 1. The second-order valence-electron chi connectivity index (χ2n) is 4.72. The summed E-state index contributed by atoms with van der Waals surface area (Å²) in [7, 11) is 1.71. The van der Waals surface area contributed by atoms with Crippen LogP contribution >= 0.6 is 0 Å². The van der Waals surface area contributed by atoms with Gasteiger partial charge >= 0.3 is 0 Å². The van der Waals surface area contributed by atoms with Gasteiger partial charge in [0, 0.05) is 37.5 Å². The van der Waals surface area contributed by atoms with Gasteiger partial charge in [0.25, 0.3) is 0 Å². The van der Waals surface area contributed by atoms with Crippen LogP contribution < -0.4 is 5.32 Å². The molecule has 0 radical (unpaired) electrons. The van der Waals surface area contributed by atoms with E-state index in [2.05, 4.69) is 29.4 Å². The molecule has 0 aliphatic carbocycles. The largest absolute Gasteiger partial charge is 0.382 e. The van der Waals surface area contributed by atoms with Crippen LogP contribution in [0.2, 0.25) is 0 Å². The first kappa shape index (κ1) is 14.8. The second kappa shape index (κ2) is 7.82. The van der Waals surface area contributed by atoms with Crippen molar-refractivity contribution in [3.8, 4) is 0 Å². The van der Waals surface area contributed by atoms with Crippen molar-refractivity contribution in [3.63, 3.8) is 0 Å². The van der Waals surface area contributed by atoms with Gasteiger partial charge in [-0.1, -0.05) is 13.0 Å². The van der Waals surface area contributed by atoms with Crippen molar-refractivity contribution >= 4 is 16.6 Å². The first-order valence-electron chi connectivity index (χ1n) is 7.02. The summed E-state index contributed by atoms with van der Waals surface area (Å²) in [6.07, 6.45) is 2.90. The van der Waals surface area contributed by atoms with Crippen LogP contribution in [0.3, 0.4) is 0 Å². The number of nitrogens with zero attached hydrogens (tertiary/aromatic N) is 1. The van der Waals surface area contributed by atoms with Crippen molar-refractivity contribution in [2.75, 3.05) is 32.2 Å². The number of nitrogens with one attached hydrogen (secondary N) is 1. The summed E-state index contributed by atoms with van der Waals surface area (Å²) < 4.78 is 10.9. The molecule has 0 amide bonds. The summed E-state index contributed by atoms with van der Waals surface area (Å²) in [4.78, 5) is 4.31. The maximum atomic E-state index is 5.52. The summed E-state index contributed by atoms with van der Waals surface area (Å²) in [5.74, 6) is 0. The number of hydrogen-bond donors (Lipinski definition) is 1. The average Bonchev–Trinajstić information content (AvgIpc) is 2.50. The summed E-state index contributed by atoms with van der Waals surface area (Å²) in [6, 6.07) is 10.2. The summed E-state index contributed by atoms with van der Waals surface area (Å²) in [5, 5.41) is 4.51. The van der Waals surface area contributed by atoms with Gasteiger partial charge < -0.3 is 14.8 Å². The number of methoxy groups -OCH3 is 1. The molecule has 20 heavy (non-hydrogen) atoms. The molecule has 0 fully saturated rings. The van der Waals surface area contributed by atoms with Gasteiger partial charge in [-0.25, -0.2) is 0 Å². The van der Waals surface area contributed by atoms with E-state index in [0.29, 0.717) is 6.61 Å². The van der Waals surface area contributed by atoms with E-state index in [0.717, 1.165) is 36.2 Å². The molecule has 4 nitrogen and oxygen atoms in total. The topological polar surface area (TPSA) is 43.4 Å². The van der Waals surface area contributed by atoms with Gasteiger partial charge in [0.05, 0.1) is 18.2 Å². The highest BCUT2D eigenvalue weighted by atomic mass is 16.5. The summed E-state index contributed by atoms with van der Waals surface area (Å²) in [5.41, 5.74) is 2.08. The van der Waals surface area contributed by atoms with Gasteiger partial charge in [0.2, 0.25) is 0 Å². The first-order valence-corrected chi connectivity index (χ1v) is 7.02. The first-order chi connectivity index (χ1) is 9.83. The molecule has 1 aromatic heterocycles. The van der Waals surface area contributed by atoms with Crippen LogP contribution in [-0.4, -0.2) is 38.0 Å². The van der Waals surface area contributed by atoms with E-state index in [1.54, 1.807) is 7.11 Å². The second-order valence-corrected chi connectivity index (χ2v) is 4.72. The number of ether oxygens (including phenoxy) is 2. The molecule has 1 unspecified atom stereocenters. The smallest absolute Gasteiger partial charge is 0.0976 e. The van der Waals surface area contributed by atoms with Crippen LogP contribution in [0.25, 0.3) is 10.9 Å². The summed E-state index contributed by atoms with van der Waals surface area (Å²) >= 11 is 0. The molecule has 0 saturated heterocycles. The van der Waals surface area contributed by atoms with Crippen molar-refractivity contribution in [2.24, 2.45) is 0 Å². The Morgan fingerprint density at radius 1 is 1.30 bits per heavy atom. The molecule has 0 aliphatic heterocycles. The third-order valence-corrected chi connectivity index (χ3v) is 3.12. The number of hydrogen-bond acceptors (Lipinski definition) is 4. The minimum absolute atomic E-state index is 0.0612. The molecule has 4 heteroatoms. The Bertz CT molecular complexity index is 531. The molecule has 0 saturated carbocycles. The van der Waals surface area contributed by atoms with E-state index < -0.39 is 0 Å². The van der Waals surface area contributed by atoms with E-state index in [1.165, 1.54) is 0 Å². The molecule has 0 spiro atoms. The maximum absolute atomic E-state index is 5.52. The third kappa shape index (κ3) is 4.18. The molecule has 0 bridgehead atoms. The zero-order valence-electron chi connectivity index (χ0n) is 12.1. The monoisotopic (exact) mass is 274 g/mol. The van der Waals surface area contributed by atoms with Crippen LogP contribution in [-0.2, 0) is 9.47 Å². The standard InChI is InChI=1S/C16H22N2O2/c1-3-9-20-12-15(19-2)11-18-14-6-7-16-13(10-14)5-4-8-17-16/h4-8,10,15,18H,3,9,11-12H2,1-2H3. The minimum Gasteiger partial charge on any atom is -0.382 e. The van der Waals surface area contributed by atoms with Gasteiger partial charge in [0.1, 0.15) is 0 Å². The van der Waals surface area contributed by atoms with Gasteiger partial charge in [-0.2, -0.15) is 0 Å². The molecule has 108 valence electrons. The van der Waals surface area contributed by atoms with Crippen LogP contribution in [0.5, 0.6) is 0 Å². The Balaban J connectivity index is 1.90. The Labute approximate surface area is 120 Å². The van der Waals surface area contributed by atoms with E-state index >= 15 is 0 Å². The Morgan fingerprint density at radius 2 is 2.20 bits per heavy atom. The third-order valence-electron chi connectivity index (χ3n) is 3.12. The number of aromatic nitrogens is 1. The number of pyridine rings is 1. The van der Waals surface area contributed by atoms with Crippen molar-refractivity contribution in [3.05, 3.63) is 36.5 Å². The van der Waals surface area contributed by atoms with Crippen molar-refractivity contribution in [1.82, 2.24) is 4.98 Å².